The van der Waals surface area contributed by atoms with Gasteiger partial charge in [-0.1, -0.05) is 6.42 Å². The van der Waals surface area contributed by atoms with Crippen LogP contribution in [0.1, 0.15) is 51.4 Å². The standard InChI is InChI=1S/C21H32N2O2/c24-20-3-1-2-4-21(20)25-19-9-7-17(8-10-19)22-18-11-13-23(14-12-18)15-16-5-6-16/h7-10,16,18,20-22,24H,1-6,11-15H2. The fraction of sp³-hybridized carbons (Fsp3) is 0.714. The SMILES string of the molecule is OC1CCCCC1Oc1ccc(NC2CCN(CC3CC3)CC2)cc1. The van der Waals surface area contributed by atoms with Crippen LogP contribution in [0.25, 0.3) is 0 Å². The first-order chi connectivity index (χ1) is 12.3. The van der Waals surface area contributed by atoms with Gasteiger partial charge in [0.05, 0.1) is 6.10 Å². The van der Waals surface area contributed by atoms with Crippen molar-refractivity contribution in [3.05, 3.63) is 24.3 Å². The van der Waals surface area contributed by atoms with Crippen molar-refractivity contribution in [2.45, 2.75) is 69.6 Å². The van der Waals surface area contributed by atoms with E-state index in [-0.39, 0.29) is 12.2 Å². The van der Waals surface area contributed by atoms with Gasteiger partial charge in [-0.15, -0.1) is 0 Å². The molecule has 1 aromatic carbocycles. The zero-order chi connectivity index (χ0) is 17.1. The first-order valence-corrected chi connectivity index (χ1v) is 10.2. The van der Waals surface area contributed by atoms with Crippen LogP contribution in [-0.2, 0) is 0 Å². The molecule has 0 amide bonds. The number of aliphatic hydroxyl groups excluding tert-OH is 1. The van der Waals surface area contributed by atoms with Gasteiger partial charge in [-0.3, -0.25) is 0 Å². The monoisotopic (exact) mass is 344 g/mol. The number of ether oxygens (including phenoxy) is 1. The lowest BCUT2D eigenvalue weighted by atomic mass is 9.95. The number of hydrogen-bond donors (Lipinski definition) is 2. The molecule has 2 saturated carbocycles. The Morgan fingerprint density at radius 3 is 2.36 bits per heavy atom. The smallest absolute Gasteiger partial charge is 0.124 e. The van der Waals surface area contributed by atoms with E-state index in [1.807, 2.05) is 12.1 Å². The van der Waals surface area contributed by atoms with Gasteiger partial charge < -0.3 is 20.1 Å². The Hall–Kier alpha value is -1.26. The topological polar surface area (TPSA) is 44.7 Å². The average molecular weight is 344 g/mol. The largest absolute Gasteiger partial charge is 0.488 e. The summed E-state index contributed by atoms with van der Waals surface area (Å²) in [7, 11) is 0. The molecule has 0 spiro atoms. The third-order valence-corrected chi connectivity index (χ3v) is 5.98. The van der Waals surface area contributed by atoms with Gasteiger partial charge in [0.2, 0.25) is 0 Å². The lowest BCUT2D eigenvalue weighted by Gasteiger charge is -2.33. The Morgan fingerprint density at radius 1 is 0.960 bits per heavy atom. The molecule has 2 aliphatic carbocycles. The van der Waals surface area contributed by atoms with E-state index >= 15 is 0 Å². The van der Waals surface area contributed by atoms with Crippen molar-refractivity contribution in [1.29, 1.82) is 0 Å². The second-order valence-corrected chi connectivity index (χ2v) is 8.20. The van der Waals surface area contributed by atoms with Gasteiger partial charge in [0.25, 0.3) is 0 Å². The third kappa shape index (κ3) is 4.89. The van der Waals surface area contributed by atoms with Crippen LogP contribution in [-0.4, -0.2) is 47.9 Å². The molecular weight excluding hydrogens is 312 g/mol. The Labute approximate surface area is 151 Å². The number of likely N-dealkylation sites (tertiary alicyclic amines) is 1. The van der Waals surface area contributed by atoms with E-state index in [0.717, 1.165) is 37.4 Å². The number of hydrogen-bond acceptors (Lipinski definition) is 4. The lowest BCUT2D eigenvalue weighted by Crippen LogP contribution is -2.40. The highest BCUT2D eigenvalue weighted by Crippen LogP contribution is 2.31. The molecule has 138 valence electrons. The highest BCUT2D eigenvalue weighted by atomic mass is 16.5. The van der Waals surface area contributed by atoms with Gasteiger partial charge in [0.15, 0.2) is 0 Å². The highest BCUT2D eigenvalue weighted by molar-refractivity contribution is 5.47. The summed E-state index contributed by atoms with van der Waals surface area (Å²) in [6.45, 7) is 3.79. The molecule has 3 aliphatic rings. The van der Waals surface area contributed by atoms with Gasteiger partial charge in [0.1, 0.15) is 11.9 Å². The minimum Gasteiger partial charge on any atom is -0.488 e. The fourth-order valence-corrected chi connectivity index (χ4v) is 4.18. The number of piperidine rings is 1. The van der Waals surface area contributed by atoms with Crippen LogP contribution >= 0.6 is 0 Å². The molecule has 2 atom stereocenters. The van der Waals surface area contributed by atoms with Crippen LogP contribution in [0.15, 0.2) is 24.3 Å². The molecule has 0 bridgehead atoms. The van der Waals surface area contributed by atoms with Crippen LogP contribution in [0.5, 0.6) is 5.75 Å². The van der Waals surface area contributed by atoms with E-state index < -0.39 is 0 Å². The molecule has 2 unspecified atom stereocenters. The van der Waals surface area contributed by atoms with Gasteiger partial charge >= 0.3 is 0 Å². The molecule has 1 aliphatic heterocycles. The van der Waals surface area contributed by atoms with E-state index in [1.54, 1.807) is 0 Å². The summed E-state index contributed by atoms with van der Waals surface area (Å²) in [5.74, 6) is 1.87. The van der Waals surface area contributed by atoms with Crippen molar-refractivity contribution in [3.63, 3.8) is 0 Å². The molecular formula is C21H32N2O2. The van der Waals surface area contributed by atoms with Crippen molar-refractivity contribution in [2.24, 2.45) is 5.92 Å². The molecule has 2 N–H and O–H groups in total. The van der Waals surface area contributed by atoms with Crippen LogP contribution < -0.4 is 10.1 Å². The maximum Gasteiger partial charge on any atom is 0.124 e. The number of nitrogens with zero attached hydrogens (tertiary/aromatic N) is 1. The van der Waals surface area contributed by atoms with Crippen LogP contribution in [0.4, 0.5) is 5.69 Å². The Balaban J connectivity index is 1.23. The number of aliphatic hydroxyl groups is 1. The number of rotatable bonds is 6. The molecule has 0 aromatic heterocycles. The summed E-state index contributed by atoms with van der Waals surface area (Å²) in [4.78, 5) is 2.64. The van der Waals surface area contributed by atoms with Crippen LogP contribution in [0, 0.1) is 5.92 Å². The zero-order valence-corrected chi connectivity index (χ0v) is 15.2. The predicted molar refractivity (Wildman–Crippen MR) is 101 cm³/mol. The zero-order valence-electron chi connectivity index (χ0n) is 15.2. The Bertz CT molecular complexity index is 535. The number of anilines is 1. The second kappa shape index (κ2) is 7.96. The van der Waals surface area contributed by atoms with E-state index in [2.05, 4.69) is 22.3 Å². The maximum atomic E-state index is 10.0. The van der Waals surface area contributed by atoms with E-state index in [0.29, 0.717) is 6.04 Å². The Kier molecular flexibility index (Phi) is 5.47. The van der Waals surface area contributed by atoms with Crippen LogP contribution in [0.3, 0.4) is 0 Å². The summed E-state index contributed by atoms with van der Waals surface area (Å²) in [5.41, 5.74) is 1.18. The number of benzene rings is 1. The van der Waals surface area contributed by atoms with E-state index in [9.17, 15) is 5.11 Å². The number of nitrogens with one attached hydrogen (secondary N) is 1. The minimum absolute atomic E-state index is 0.0386. The van der Waals surface area contributed by atoms with Gasteiger partial charge in [-0.25, -0.2) is 0 Å². The maximum absolute atomic E-state index is 10.0. The summed E-state index contributed by atoms with van der Waals surface area (Å²) in [5, 5.41) is 13.7. The summed E-state index contributed by atoms with van der Waals surface area (Å²) < 4.78 is 5.99. The van der Waals surface area contributed by atoms with Gasteiger partial charge in [-0.2, -0.15) is 0 Å². The molecule has 25 heavy (non-hydrogen) atoms. The fourth-order valence-electron chi connectivity index (χ4n) is 4.18. The Morgan fingerprint density at radius 2 is 1.68 bits per heavy atom. The molecule has 1 aromatic rings. The first-order valence-electron chi connectivity index (χ1n) is 10.2. The van der Waals surface area contributed by atoms with Gasteiger partial charge in [-0.05, 0) is 75.1 Å². The highest BCUT2D eigenvalue weighted by Gasteiger charge is 2.27. The third-order valence-electron chi connectivity index (χ3n) is 5.98. The normalized spacial score (nSPS) is 28.7. The summed E-state index contributed by atoms with van der Waals surface area (Å²) in [6, 6.07) is 8.88. The molecule has 4 heteroatoms. The van der Waals surface area contributed by atoms with Crippen molar-refractivity contribution in [1.82, 2.24) is 4.90 Å². The predicted octanol–water partition coefficient (Wildman–Crippen LogP) is 3.66. The van der Waals surface area contributed by atoms with Crippen molar-refractivity contribution in [3.8, 4) is 5.75 Å². The molecule has 4 nitrogen and oxygen atoms in total. The molecule has 3 fully saturated rings. The first kappa shape index (κ1) is 17.2. The summed E-state index contributed by atoms with van der Waals surface area (Å²) in [6.07, 6.45) is 9.11. The minimum atomic E-state index is -0.313. The van der Waals surface area contributed by atoms with Crippen molar-refractivity contribution in [2.75, 3.05) is 25.0 Å². The molecule has 4 rings (SSSR count). The molecule has 1 saturated heterocycles. The molecule has 1 heterocycles. The van der Waals surface area contributed by atoms with Crippen molar-refractivity contribution < 1.29 is 9.84 Å². The van der Waals surface area contributed by atoms with Gasteiger partial charge in [0, 0.05) is 31.4 Å². The summed E-state index contributed by atoms with van der Waals surface area (Å²) >= 11 is 0. The van der Waals surface area contributed by atoms with E-state index in [1.165, 1.54) is 51.0 Å². The lowest BCUT2D eigenvalue weighted by molar-refractivity contribution is 0.00688. The van der Waals surface area contributed by atoms with Crippen molar-refractivity contribution >= 4 is 5.69 Å². The van der Waals surface area contributed by atoms with Crippen LogP contribution in [0.2, 0.25) is 0 Å². The van der Waals surface area contributed by atoms with E-state index in [4.69, 9.17) is 4.74 Å². The second-order valence-electron chi connectivity index (χ2n) is 8.20. The molecule has 0 radical (unpaired) electrons. The average Bonchev–Trinajstić information content (AvgIpc) is 3.44. The quantitative estimate of drug-likeness (QED) is 0.827.